The predicted octanol–water partition coefficient (Wildman–Crippen LogP) is 3.94. The number of halogens is 1. The van der Waals surface area contributed by atoms with Gasteiger partial charge in [0.2, 0.25) is 0 Å². The predicted molar refractivity (Wildman–Crippen MR) is 90.7 cm³/mol. The smallest absolute Gasteiger partial charge is 0.269 e. The van der Waals surface area contributed by atoms with Crippen molar-refractivity contribution in [2.75, 3.05) is 11.9 Å². The molecular formula is C16H15BrN2O4. The second-order valence-electron chi connectivity index (χ2n) is 4.76. The molecule has 2 aromatic carbocycles. The topological polar surface area (TPSA) is 81.5 Å². The van der Waals surface area contributed by atoms with Crippen LogP contribution in [-0.4, -0.2) is 17.4 Å². The highest BCUT2D eigenvalue weighted by molar-refractivity contribution is 9.10. The monoisotopic (exact) mass is 378 g/mol. The van der Waals surface area contributed by atoms with Crippen LogP contribution in [0.3, 0.4) is 0 Å². The standard InChI is InChI=1S/C16H15BrN2O4/c1-2-11-3-8-15(14(17)9-11)23-10-16(20)18-12-4-6-13(7-5-12)19(21)22/h3-9H,2,10H2,1H3,(H,18,20). The molecule has 0 spiro atoms. The van der Waals surface area contributed by atoms with Crippen LogP contribution in [0.4, 0.5) is 11.4 Å². The van der Waals surface area contributed by atoms with Crippen molar-refractivity contribution in [2.45, 2.75) is 13.3 Å². The molecule has 0 heterocycles. The Hall–Kier alpha value is -2.41. The SMILES string of the molecule is CCc1ccc(OCC(=O)Nc2ccc([N+](=O)[O-])cc2)c(Br)c1. The first-order valence-corrected chi connectivity index (χ1v) is 7.74. The Morgan fingerprint density at radius 1 is 1.26 bits per heavy atom. The molecule has 6 nitrogen and oxygen atoms in total. The maximum Gasteiger partial charge on any atom is 0.269 e. The Bertz CT molecular complexity index is 717. The Morgan fingerprint density at radius 2 is 1.96 bits per heavy atom. The number of anilines is 1. The van der Waals surface area contributed by atoms with Gasteiger partial charge in [-0.05, 0) is 52.2 Å². The van der Waals surface area contributed by atoms with E-state index in [1.807, 2.05) is 18.2 Å². The van der Waals surface area contributed by atoms with E-state index < -0.39 is 4.92 Å². The van der Waals surface area contributed by atoms with E-state index in [1.165, 1.54) is 29.8 Å². The van der Waals surface area contributed by atoms with Gasteiger partial charge in [-0.3, -0.25) is 14.9 Å². The molecule has 0 radical (unpaired) electrons. The second-order valence-corrected chi connectivity index (χ2v) is 5.61. The molecule has 1 amide bonds. The van der Waals surface area contributed by atoms with E-state index >= 15 is 0 Å². The van der Waals surface area contributed by atoms with Crippen molar-refractivity contribution in [1.29, 1.82) is 0 Å². The van der Waals surface area contributed by atoms with Crippen molar-refractivity contribution in [3.05, 3.63) is 62.6 Å². The average molecular weight is 379 g/mol. The summed E-state index contributed by atoms with van der Waals surface area (Å²) < 4.78 is 6.26. The zero-order chi connectivity index (χ0) is 16.8. The van der Waals surface area contributed by atoms with Crippen LogP contribution in [0.1, 0.15) is 12.5 Å². The molecule has 0 unspecified atom stereocenters. The van der Waals surface area contributed by atoms with Crippen molar-refractivity contribution in [1.82, 2.24) is 0 Å². The van der Waals surface area contributed by atoms with Gasteiger partial charge in [-0.1, -0.05) is 13.0 Å². The van der Waals surface area contributed by atoms with Crippen molar-refractivity contribution in [2.24, 2.45) is 0 Å². The molecule has 1 N–H and O–H groups in total. The first kappa shape index (κ1) is 17.0. The van der Waals surface area contributed by atoms with Gasteiger partial charge in [-0.2, -0.15) is 0 Å². The summed E-state index contributed by atoms with van der Waals surface area (Å²) in [5.74, 6) is 0.242. The number of nitro groups is 1. The number of ether oxygens (including phenoxy) is 1. The van der Waals surface area contributed by atoms with E-state index in [2.05, 4.69) is 28.2 Å². The minimum Gasteiger partial charge on any atom is -0.483 e. The maximum absolute atomic E-state index is 11.9. The van der Waals surface area contributed by atoms with Crippen LogP contribution in [-0.2, 0) is 11.2 Å². The fraction of sp³-hybridized carbons (Fsp3) is 0.188. The largest absolute Gasteiger partial charge is 0.483 e. The van der Waals surface area contributed by atoms with Gasteiger partial charge in [-0.25, -0.2) is 0 Å². The van der Waals surface area contributed by atoms with E-state index in [0.29, 0.717) is 11.4 Å². The first-order valence-electron chi connectivity index (χ1n) is 6.95. The molecule has 2 rings (SSSR count). The molecule has 0 aromatic heterocycles. The molecule has 7 heteroatoms. The Morgan fingerprint density at radius 3 is 2.52 bits per heavy atom. The van der Waals surface area contributed by atoms with E-state index in [4.69, 9.17) is 4.74 Å². The lowest BCUT2D eigenvalue weighted by Gasteiger charge is -2.10. The van der Waals surface area contributed by atoms with E-state index in [-0.39, 0.29) is 18.2 Å². The lowest BCUT2D eigenvalue weighted by Crippen LogP contribution is -2.20. The number of rotatable bonds is 6. The molecule has 0 bridgehead atoms. The molecule has 0 fully saturated rings. The average Bonchev–Trinajstić information content (AvgIpc) is 2.54. The summed E-state index contributed by atoms with van der Waals surface area (Å²) in [5, 5.41) is 13.2. The molecular weight excluding hydrogens is 364 g/mol. The number of carbonyl (C=O) groups excluding carboxylic acids is 1. The fourth-order valence-electron chi connectivity index (χ4n) is 1.89. The van der Waals surface area contributed by atoms with Crippen LogP contribution in [0.5, 0.6) is 5.75 Å². The third kappa shape index (κ3) is 4.79. The van der Waals surface area contributed by atoms with Crippen LogP contribution in [0, 0.1) is 10.1 Å². The highest BCUT2D eigenvalue weighted by atomic mass is 79.9. The van der Waals surface area contributed by atoms with Gasteiger partial charge in [0.15, 0.2) is 6.61 Å². The van der Waals surface area contributed by atoms with Crippen LogP contribution in [0.25, 0.3) is 0 Å². The molecule has 23 heavy (non-hydrogen) atoms. The number of benzene rings is 2. The molecule has 0 saturated carbocycles. The molecule has 0 saturated heterocycles. The number of nitrogens with zero attached hydrogens (tertiary/aromatic N) is 1. The number of carbonyl (C=O) groups is 1. The van der Waals surface area contributed by atoms with Crippen LogP contribution in [0.2, 0.25) is 0 Å². The first-order chi connectivity index (χ1) is 11.0. The minimum absolute atomic E-state index is 0.0285. The zero-order valence-corrected chi connectivity index (χ0v) is 14.0. The minimum atomic E-state index is -0.494. The van der Waals surface area contributed by atoms with Crippen molar-refractivity contribution >= 4 is 33.2 Å². The second kappa shape index (κ2) is 7.73. The van der Waals surface area contributed by atoms with Gasteiger partial charge in [-0.15, -0.1) is 0 Å². The summed E-state index contributed by atoms with van der Waals surface area (Å²) in [6, 6.07) is 11.3. The number of non-ortho nitro benzene ring substituents is 1. The maximum atomic E-state index is 11.9. The lowest BCUT2D eigenvalue weighted by molar-refractivity contribution is -0.384. The number of nitro benzene ring substituents is 1. The molecule has 0 atom stereocenters. The normalized spacial score (nSPS) is 10.2. The number of nitrogens with one attached hydrogen (secondary N) is 1. The Balaban J connectivity index is 1.91. The van der Waals surface area contributed by atoms with Gasteiger partial charge in [0.25, 0.3) is 11.6 Å². The summed E-state index contributed by atoms with van der Waals surface area (Å²) in [6.45, 7) is 1.90. The van der Waals surface area contributed by atoms with Gasteiger partial charge in [0.05, 0.1) is 9.40 Å². The summed E-state index contributed by atoms with van der Waals surface area (Å²) in [5.41, 5.74) is 1.61. The highest BCUT2D eigenvalue weighted by Crippen LogP contribution is 2.26. The number of hydrogen-bond donors (Lipinski definition) is 1. The zero-order valence-electron chi connectivity index (χ0n) is 12.4. The summed E-state index contributed by atoms with van der Waals surface area (Å²) in [7, 11) is 0. The van der Waals surface area contributed by atoms with Crippen LogP contribution >= 0.6 is 15.9 Å². The molecule has 0 aliphatic heterocycles. The third-order valence-corrected chi connectivity index (χ3v) is 3.74. The van der Waals surface area contributed by atoms with Gasteiger partial charge < -0.3 is 10.1 Å². The van der Waals surface area contributed by atoms with Crippen molar-refractivity contribution in [3.63, 3.8) is 0 Å². The lowest BCUT2D eigenvalue weighted by atomic mass is 10.2. The van der Waals surface area contributed by atoms with Gasteiger partial charge in [0, 0.05) is 17.8 Å². The Kier molecular flexibility index (Phi) is 5.70. The van der Waals surface area contributed by atoms with E-state index in [0.717, 1.165) is 10.9 Å². The van der Waals surface area contributed by atoms with Gasteiger partial charge >= 0.3 is 0 Å². The number of amides is 1. The Labute approximate surface area is 141 Å². The highest BCUT2D eigenvalue weighted by Gasteiger charge is 2.08. The fourth-order valence-corrected chi connectivity index (χ4v) is 2.43. The molecule has 2 aromatic rings. The number of aryl methyl sites for hydroxylation is 1. The van der Waals surface area contributed by atoms with Crippen molar-refractivity contribution in [3.8, 4) is 5.75 Å². The molecule has 0 aliphatic carbocycles. The van der Waals surface area contributed by atoms with Crippen LogP contribution < -0.4 is 10.1 Å². The van der Waals surface area contributed by atoms with Crippen molar-refractivity contribution < 1.29 is 14.5 Å². The van der Waals surface area contributed by atoms with E-state index in [9.17, 15) is 14.9 Å². The molecule has 0 aliphatic rings. The molecule has 120 valence electrons. The summed E-state index contributed by atoms with van der Waals surface area (Å²) in [6.07, 6.45) is 0.916. The summed E-state index contributed by atoms with van der Waals surface area (Å²) in [4.78, 5) is 21.9. The summed E-state index contributed by atoms with van der Waals surface area (Å²) >= 11 is 3.41. The van der Waals surface area contributed by atoms with Crippen LogP contribution in [0.15, 0.2) is 46.9 Å². The van der Waals surface area contributed by atoms with E-state index in [1.54, 1.807) is 0 Å². The quantitative estimate of drug-likeness (QED) is 0.609. The third-order valence-electron chi connectivity index (χ3n) is 3.13. The number of hydrogen-bond acceptors (Lipinski definition) is 4. The van der Waals surface area contributed by atoms with Gasteiger partial charge in [0.1, 0.15) is 5.75 Å².